The first-order valence-electron chi connectivity index (χ1n) is 14.4. The Hall–Kier alpha value is -4.00. The minimum absolute atomic E-state index is 0.0395. The van der Waals surface area contributed by atoms with Crippen LogP contribution in [0.2, 0.25) is 0 Å². The highest BCUT2D eigenvalue weighted by Crippen LogP contribution is 2.45. The molecule has 0 aliphatic carbocycles. The number of carbonyl (C=O) groups is 2. The fourth-order valence-corrected chi connectivity index (χ4v) is 5.49. The number of hydrogen-bond acceptors (Lipinski definition) is 5. The van der Waals surface area contributed by atoms with Crippen LogP contribution in [-0.4, -0.2) is 51.3 Å². The quantitative estimate of drug-likeness (QED) is 0.208. The van der Waals surface area contributed by atoms with Gasteiger partial charge in [0.2, 0.25) is 0 Å². The summed E-state index contributed by atoms with van der Waals surface area (Å²) in [5.74, 6) is -0.264. The number of fused-ring (bicyclic) bond motifs is 1. The summed E-state index contributed by atoms with van der Waals surface area (Å²) < 4.78 is 0. The van der Waals surface area contributed by atoms with E-state index >= 15 is 0 Å². The molecule has 42 heavy (non-hydrogen) atoms. The van der Waals surface area contributed by atoms with E-state index in [1.54, 1.807) is 38.4 Å². The molecule has 0 unspecified atom stereocenters. The molecular formula is C35H48N4O3. The number of hydrogen-bond donors (Lipinski definition) is 1. The molecule has 0 saturated heterocycles. The summed E-state index contributed by atoms with van der Waals surface area (Å²) in [4.78, 5) is 27.3. The van der Waals surface area contributed by atoms with Crippen molar-refractivity contribution in [3.8, 4) is 11.4 Å². The lowest BCUT2D eigenvalue weighted by molar-refractivity contribution is 0.0824. The highest BCUT2D eigenvalue weighted by molar-refractivity contribution is 6.04. The number of phenolic OH excluding ortho intramolecular Hbond substituents is 1. The maximum atomic E-state index is 12.7. The average molecular weight is 573 g/mol. The fourth-order valence-electron chi connectivity index (χ4n) is 5.49. The lowest BCUT2D eigenvalue weighted by Crippen LogP contribution is -2.27. The number of phenols is 1. The van der Waals surface area contributed by atoms with Crippen LogP contribution in [0.1, 0.15) is 101 Å². The number of rotatable bonds is 9. The number of amides is 1. The molecule has 0 radical (unpaired) electrons. The average Bonchev–Trinajstić information content (AvgIpc) is 3.32. The summed E-state index contributed by atoms with van der Waals surface area (Å²) in [6.45, 7) is 26.9. The Morgan fingerprint density at radius 2 is 1.55 bits per heavy atom. The first kappa shape index (κ1) is 34.2. The van der Waals surface area contributed by atoms with Gasteiger partial charge in [-0.25, -0.2) is 0 Å². The van der Waals surface area contributed by atoms with Crippen molar-refractivity contribution in [1.29, 1.82) is 0 Å². The number of allylic oxidation sites excluding steroid dienone is 4. The maximum Gasteiger partial charge on any atom is 0.254 e. The van der Waals surface area contributed by atoms with Gasteiger partial charge in [0.25, 0.3) is 5.91 Å². The van der Waals surface area contributed by atoms with E-state index in [1.165, 1.54) is 9.70 Å². The molecule has 1 aromatic heterocycles. The molecule has 1 heterocycles. The van der Waals surface area contributed by atoms with Crippen LogP contribution in [0.25, 0.3) is 16.7 Å². The van der Waals surface area contributed by atoms with Crippen LogP contribution in [0.15, 0.2) is 61.2 Å². The second kappa shape index (κ2) is 12.9. The van der Waals surface area contributed by atoms with Crippen LogP contribution in [0.4, 0.5) is 0 Å². The summed E-state index contributed by atoms with van der Waals surface area (Å²) in [7, 11) is 3.25. The molecular weight excluding hydrogens is 524 g/mol. The highest BCUT2D eigenvalue weighted by atomic mass is 16.3. The van der Waals surface area contributed by atoms with Crippen molar-refractivity contribution in [3.05, 3.63) is 83.5 Å². The van der Waals surface area contributed by atoms with Crippen LogP contribution in [0, 0.1) is 5.41 Å². The number of aromatic hydroxyl groups is 1. The van der Waals surface area contributed by atoms with Gasteiger partial charge in [-0.1, -0.05) is 99.8 Å². The van der Waals surface area contributed by atoms with Crippen LogP contribution in [0.3, 0.4) is 0 Å². The van der Waals surface area contributed by atoms with Crippen molar-refractivity contribution >= 4 is 23.2 Å². The number of aromatic nitrogens is 3. The van der Waals surface area contributed by atoms with Gasteiger partial charge in [0.05, 0.1) is 5.56 Å². The van der Waals surface area contributed by atoms with Gasteiger partial charge in [-0.05, 0) is 46.6 Å². The van der Waals surface area contributed by atoms with Crippen molar-refractivity contribution < 1.29 is 14.7 Å². The Morgan fingerprint density at radius 3 is 2.02 bits per heavy atom. The molecule has 0 fully saturated rings. The molecule has 0 aliphatic rings. The summed E-state index contributed by atoms with van der Waals surface area (Å²) in [6.07, 6.45) is 6.92. The van der Waals surface area contributed by atoms with Gasteiger partial charge in [-0.3, -0.25) is 9.59 Å². The summed E-state index contributed by atoms with van der Waals surface area (Å²) in [6, 6.07) is 7.12. The van der Waals surface area contributed by atoms with E-state index in [9.17, 15) is 14.7 Å². The van der Waals surface area contributed by atoms with E-state index < -0.39 is 5.41 Å². The third-order valence-electron chi connectivity index (χ3n) is 7.29. The topological polar surface area (TPSA) is 88.3 Å². The van der Waals surface area contributed by atoms with Gasteiger partial charge in [-0.15, -0.1) is 15.0 Å². The zero-order valence-corrected chi connectivity index (χ0v) is 27.3. The third kappa shape index (κ3) is 7.07. The van der Waals surface area contributed by atoms with Gasteiger partial charge in [-0.2, -0.15) is 0 Å². The van der Waals surface area contributed by atoms with E-state index in [0.29, 0.717) is 28.6 Å². The van der Waals surface area contributed by atoms with E-state index in [-0.39, 0.29) is 33.6 Å². The first-order valence-corrected chi connectivity index (χ1v) is 14.4. The Balaban J connectivity index is 0.00000301. The second-order valence-corrected chi connectivity index (χ2v) is 12.9. The Morgan fingerprint density at radius 1 is 0.976 bits per heavy atom. The van der Waals surface area contributed by atoms with E-state index in [1.807, 2.05) is 39.8 Å². The summed E-state index contributed by atoms with van der Waals surface area (Å²) >= 11 is 0. The Kier molecular flexibility index (Phi) is 10.5. The zero-order valence-electron chi connectivity index (χ0n) is 27.3. The minimum Gasteiger partial charge on any atom is -0.505 e. The van der Waals surface area contributed by atoms with E-state index in [2.05, 4.69) is 64.0 Å². The molecule has 0 saturated carbocycles. The van der Waals surface area contributed by atoms with Crippen molar-refractivity contribution in [3.63, 3.8) is 0 Å². The maximum absolute atomic E-state index is 12.7. The molecule has 2 aromatic carbocycles. The molecule has 7 nitrogen and oxygen atoms in total. The summed E-state index contributed by atoms with van der Waals surface area (Å²) in [5.41, 5.74) is 3.59. The number of nitrogens with zero attached hydrogens (tertiary/aromatic N) is 4. The molecule has 0 spiro atoms. The normalized spacial score (nSPS) is 12.4. The van der Waals surface area contributed by atoms with Crippen molar-refractivity contribution in [1.82, 2.24) is 19.9 Å². The van der Waals surface area contributed by atoms with Gasteiger partial charge in [0, 0.05) is 30.6 Å². The van der Waals surface area contributed by atoms with Crippen LogP contribution < -0.4 is 0 Å². The van der Waals surface area contributed by atoms with Crippen molar-refractivity contribution in [2.24, 2.45) is 5.41 Å². The van der Waals surface area contributed by atoms with Gasteiger partial charge in [0.15, 0.2) is 6.29 Å². The smallest absolute Gasteiger partial charge is 0.254 e. The minimum atomic E-state index is -0.620. The Labute approximate surface area is 251 Å². The van der Waals surface area contributed by atoms with Crippen molar-refractivity contribution in [2.75, 3.05) is 14.1 Å². The number of aldehydes is 1. The monoisotopic (exact) mass is 572 g/mol. The molecule has 0 bridgehead atoms. The third-order valence-corrected chi connectivity index (χ3v) is 7.29. The van der Waals surface area contributed by atoms with Crippen LogP contribution in [0.5, 0.6) is 5.75 Å². The molecule has 226 valence electrons. The predicted octanol–water partition coefficient (Wildman–Crippen LogP) is 7.96. The lowest BCUT2D eigenvalue weighted by Gasteiger charge is -2.35. The number of benzene rings is 2. The number of carbonyl (C=O) groups excluding carboxylic acids is 2. The largest absolute Gasteiger partial charge is 0.505 e. The first-order chi connectivity index (χ1) is 19.5. The van der Waals surface area contributed by atoms with Crippen LogP contribution >= 0.6 is 0 Å². The van der Waals surface area contributed by atoms with Crippen molar-refractivity contribution in [2.45, 2.75) is 79.6 Å². The van der Waals surface area contributed by atoms with E-state index in [0.717, 1.165) is 17.6 Å². The predicted molar refractivity (Wildman–Crippen MR) is 174 cm³/mol. The van der Waals surface area contributed by atoms with E-state index in [4.69, 9.17) is 0 Å². The SMILES string of the molecule is C=C/C=C(\C=C)C(C)(C)c1cc(C(C)(C)CC(C)(C)C)cc(-n2nc3cc(C=O)c(C(=O)N(C)C)cc3n2)c1O.CC. The summed E-state index contributed by atoms with van der Waals surface area (Å²) in [5, 5.41) is 21.0. The molecule has 3 aromatic rings. The molecule has 0 aliphatic heterocycles. The molecule has 1 amide bonds. The molecule has 3 rings (SSSR count). The van der Waals surface area contributed by atoms with Gasteiger partial charge in [0.1, 0.15) is 22.5 Å². The molecule has 0 atom stereocenters. The lowest BCUT2D eigenvalue weighted by atomic mass is 9.69. The second-order valence-electron chi connectivity index (χ2n) is 12.9. The van der Waals surface area contributed by atoms with Gasteiger partial charge < -0.3 is 10.0 Å². The zero-order chi connectivity index (χ0) is 32.2. The van der Waals surface area contributed by atoms with Crippen LogP contribution in [-0.2, 0) is 10.8 Å². The Bertz CT molecular complexity index is 1520. The highest BCUT2D eigenvalue weighted by Gasteiger charge is 2.34. The van der Waals surface area contributed by atoms with Gasteiger partial charge >= 0.3 is 0 Å². The fraction of sp³-hybridized carbons (Fsp3) is 0.429. The molecule has 7 heteroatoms. The standard InChI is InChI=1S/C33H42N4O3.C2H6/c1-12-14-22(13-2)33(8,9)25-16-23(32(6,7)20-31(3,4)5)17-28(29(25)39)37-34-26-15-21(19-38)24(18-27(26)35-37)30(40)36(10)11;1-2/h12-19,39H,1-2,20H2,3-11H3;1-2H3/b22-14+;. The molecule has 1 N–H and O–H groups in total.